The smallest absolute Gasteiger partial charge is 0.338 e. The number of carbonyl (C=O) groups is 1. The molecule has 1 aliphatic rings. The van der Waals surface area contributed by atoms with Gasteiger partial charge in [-0.05, 0) is 36.8 Å². The second-order valence-electron chi connectivity index (χ2n) is 9.05. The van der Waals surface area contributed by atoms with E-state index < -0.39 is 22.5 Å². The maximum Gasteiger partial charge on any atom is 0.338 e. The van der Waals surface area contributed by atoms with Gasteiger partial charge in [0, 0.05) is 23.3 Å². The second kappa shape index (κ2) is 11.7. The second-order valence-corrected chi connectivity index (χ2v) is 10.1. The van der Waals surface area contributed by atoms with E-state index >= 15 is 0 Å². The largest absolute Gasteiger partial charge is 0.507 e. The number of fused-ring (bicyclic) bond motifs is 1. The maximum absolute atomic E-state index is 14.0. The summed E-state index contributed by atoms with van der Waals surface area (Å²) in [7, 11) is 2.98. The Labute approximate surface area is 243 Å². The highest BCUT2D eigenvalue weighted by molar-refractivity contribution is 7.07. The minimum absolute atomic E-state index is 0.0880. The molecule has 0 saturated heterocycles. The molecule has 1 aliphatic heterocycles. The van der Waals surface area contributed by atoms with E-state index in [2.05, 4.69) is 0 Å². The molecule has 0 amide bonds. The molecule has 0 fully saturated rings. The van der Waals surface area contributed by atoms with E-state index in [1.807, 2.05) is 18.2 Å². The number of benzene rings is 3. The van der Waals surface area contributed by atoms with Gasteiger partial charge in [0.1, 0.15) is 5.75 Å². The molecule has 0 aliphatic carbocycles. The molecule has 214 valence electrons. The molecular weight excluding hydrogens is 562 g/mol. The van der Waals surface area contributed by atoms with E-state index in [1.165, 1.54) is 43.1 Å². The first-order chi connectivity index (χ1) is 20.3. The Balaban J connectivity index is 1.85. The Bertz CT molecular complexity index is 1910. The number of nitro groups is 1. The molecule has 11 nitrogen and oxygen atoms in total. The molecule has 1 aromatic heterocycles. The standard InChI is InChI=1S/C30H25N3O8S/c1-4-41-29(36)25-26(17-8-6-5-7-9-17)31-30-32(27(25)18-10-13-22(39-2)23(15-18)40-3)28(35)24(42-30)16-19-14-20(33(37)38)11-12-21(19)34/h5-16,27,34H,4H2,1-3H3/b24-16-/t27-/m0/s1. The van der Waals surface area contributed by atoms with Crippen LogP contribution in [-0.2, 0) is 9.53 Å². The molecule has 5 rings (SSSR count). The van der Waals surface area contributed by atoms with E-state index in [-0.39, 0.29) is 38.5 Å². The predicted molar refractivity (Wildman–Crippen MR) is 155 cm³/mol. The van der Waals surface area contributed by atoms with E-state index in [0.717, 1.165) is 11.3 Å². The zero-order valence-corrected chi connectivity index (χ0v) is 23.6. The number of nitro benzene ring substituents is 1. The quantitative estimate of drug-likeness (QED) is 0.187. The van der Waals surface area contributed by atoms with Crippen LogP contribution in [0.1, 0.15) is 29.7 Å². The SMILES string of the molecule is CCOC(=O)C1=C(c2ccccc2)N=c2s/c(=C\c3cc([N+](=O)[O-])ccc3O)c(=O)n2[C@H]1c1ccc(OC)c(OC)c1. The van der Waals surface area contributed by atoms with Crippen molar-refractivity contribution in [1.29, 1.82) is 0 Å². The topological polar surface area (TPSA) is 142 Å². The van der Waals surface area contributed by atoms with Crippen LogP contribution in [0.4, 0.5) is 5.69 Å². The Morgan fingerprint density at radius 2 is 1.83 bits per heavy atom. The molecule has 0 unspecified atom stereocenters. The van der Waals surface area contributed by atoms with Gasteiger partial charge in [0.15, 0.2) is 16.3 Å². The van der Waals surface area contributed by atoms with Crippen molar-refractivity contribution in [1.82, 2.24) is 4.57 Å². The first-order valence-corrected chi connectivity index (χ1v) is 13.6. The summed E-state index contributed by atoms with van der Waals surface area (Å²) in [6, 6.07) is 16.7. The fourth-order valence-electron chi connectivity index (χ4n) is 4.69. The zero-order chi connectivity index (χ0) is 30.0. The number of hydrogen-bond acceptors (Lipinski definition) is 10. The molecule has 42 heavy (non-hydrogen) atoms. The number of phenolic OH excluding ortho intramolecular Hbond substituents is 1. The van der Waals surface area contributed by atoms with Crippen LogP contribution in [-0.4, -0.2) is 41.4 Å². The molecule has 0 spiro atoms. The molecule has 0 bridgehead atoms. The number of rotatable bonds is 8. The van der Waals surface area contributed by atoms with Gasteiger partial charge in [0.25, 0.3) is 11.2 Å². The van der Waals surface area contributed by atoms with Crippen LogP contribution < -0.4 is 24.4 Å². The van der Waals surface area contributed by atoms with Crippen LogP contribution in [0.25, 0.3) is 11.8 Å². The van der Waals surface area contributed by atoms with Crippen LogP contribution in [0.3, 0.4) is 0 Å². The Hall–Kier alpha value is -5.23. The maximum atomic E-state index is 14.0. The van der Waals surface area contributed by atoms with Crippen LogP contribution >= 0.6 is 11.3 Å². The summed E-state index contributed by atoms with van der Waals surface area (Å²) in [6.45, 7) is 1.78. The average Bonchev–Trinajstić information content (AvgIpc) is 3.31. The van der Waals surface area contributed by atoms with Crippen molar-refractivity contribution < 1.29 is 29.0 Å². The number of esters is 1. The zero-order valence-electron chi connectivity index (χ0n) is 22.8. The third-order valence-corrected chi connectivity index (χ3v) is 7.59. The van der Waals surface area contributed by atoms with E-state index in [4.69, 9.17) is 19.2 Å². The molecule has 0 radical (unpaired) electrons. The summed E-state index contributed by atoms with van der Waals surface area (Å²) < 4.78 is 17.9. The predicted octanol–water partition coefficient (Wildman–Crippen LogP) is 3.57. The molecule has 0 saturated carbocycles. The average molecular weight is 588 g/mol. The van der Waals surface area contributed by atoms with Crippen molar-refractivity contribution in [2.45, 2.75) is 13.0 Å². The Morgan fingerprint density at radius 1 is 1.10 bits per heavy atom. The molecule has 12 heteroatoms. The Morgan fingerprint density at radius 3 is 2.50 bits per heavy atom. The first-order valence-electron chi connectivity index (χ1n) is 12.7. The number of aromatic hydroxyl groups is 1. The van der Waals surface area contributed by atoms with E-state index in [9.17, 15) is 24.8 Å². The fourth-order valence-corrected chi connectivity index (χ4v) is 5.68. The van der Waals surface area contributed by atoms with Gasteiger partial charge in [-0.25, -0.2) is 9.79 Å². The molecule has 3 aromatic carbocycles. The number of nitrogens with zero attached hydrogens (tertiary/aromatic N) is 3. The van der Waals surface area contributed by atoms with Crippen molar-refractivity contribution in [3.63, 3.8) is 0 Å². The third-order valence-electron chi connectivity index (χ3n) is 6.61. The number of aromatic nitrogens is 1. The van der Waals surface area contributed by atoms with Crippen molar-refractivity contribution >= 4 is 34.8 Å². The van der Waals surface area contributed by atoms with Crippen molar-refractivity contribution in [3.8, 4) is 17.2 Å². The summed E-state index contributed by atoms with van der Waals surface area (Å²) in [6.07, 6.45) is 1.37. The van der Waals surface area contributed by atoms with Gasteiger partial charge in [-0.3, -0.25) is 19.5 Å². The van der Waals surface area contributed by atoms with Crippen LogP contribution in [0.2, 0.25) is 0 Å². The number of non-ortho nitro benzene ring substituents is 1. The lowest BCUT2D eigenvalue weighted by atomic mass is 9.93. The number of ether oxygens (including phenoxy) is 3. The number of hydrogen-bond donors (Lipinski definition) is 1. The summed E-state index contributed by atoms with van der Waals surface area (Å²) in [5.74, 6) is -0.0366. The minimum atomic E-state index is -0.976. The highest BCUT2D eigenvalue weighted by Gasteiger charge is 2.35. The van der Waals surface area contributed by atoms with Crippen LogP contribution in [0.15, 0.2) is 82.1 Å². The normalized spacial score (nSPS) is 14.6. The molecular formula is C30H25N3O8S. The lowest BCUT2D eigenvalue weighted by Gasteiger charge is -2.26. The number of thiazole rings is 1. The van der Waals surface area contributed by atoms with Crippen molar-refractivity contribution in [3.05, 3.63) is 119 Å². The van der Waals surface area contributed by atoms with Gasteiger partial charge in [0.2, 0.25) is 0 Å². The van der Waals surface area contributed by atoms with E-state index in [1.54, 1.807) is 37.3 Å². The van der Waals surface area contributed by atoms with Gasteiger partial charge in [-0.2, -0.15) is 0 Å². The Kier molecular flexibility index (Phi) is 7.89. The third kappa shape index (κ3) is 5.15. The highest BCUT2D eigenvalue weighted by atomic mass is 32.1. The number of methoxy groups -OCH3 is 2. The first kappa shape index (κ1) is 28.3. The molecule has 4 aromatic rings. The summed E-state index contributed by atoms with van der Waals surface area (Å²) in [4.78, 5) is 43.4. The van der Waals surface area contributed by atoms with Crippen LogP contribution in [0, 0.1) is 10.1 Å². The van der Waals surface area contributed by atoms with Gasteiger partial charge in [0.05, 0.1) is 47.6 Å². The molecule has 1 atom stereocenters. The lowest BCUT2D eigenvalue weighted by molar-refractivity contribution is -0.384. The van der Waals surface area contributed by atoms with Gasteiger partial charge in [-0.15, -0.1) is 0 Å². The minimum Gasteiger partial charge on any atom is -0.507 e. The fraction of sp³-hybridized carbons (Fsp3) is 0.167. The summed E-state index contributed by atoms with van der Waals surface area (Å²) >= 11 is 1.03. The lowest BCUT2D eigenvalue weighted by Crippen LogP contribution is -2.40. The van der Waals surface area contributed by atoms with Gasteiger partial charge < -0.3 is 19.3 Å². The summed E-state index contributed by atoms with van der Waals surface area (Å²) in [5, 5.41) is 21.7. The molecule has 1 N–H and O–H groups in total. The van der Waals surface area contributed by atoms with Gasteiger partial charge in [-0.1, -0.05) is 47.7 Å². The van der Waals surface area contributed by atoms with Crippen molar-refractivity contribution in [2.24, 2.45) is 4.99 Å². The van der Waals surface area contributed by atoms with Crippen LogP contribution in [0.5, 0.6) is 17.2 Å². The van der Waals surface area contributed by atoms with Gasteiger partial charge >= 0.3 is 5.97 Å². The molecule has 2 heterocycles. The monoisotopic (exact) mass is 587 g/mol. The summed E-state index contributed by atoms with van der Waals surface area (Å²) in [5.41, 5.74) is 0.978. The van der Waals surface area contributed by atoms with E-state index in [0.29, 0.717) is 28.3 Å². The highest BCUT2D eigenvalue weighted by Crippen LogP contribution is 2.38. The van der Waals surface area contributed by atoms with Crippen molar-refractivity contribution in [2.75, 3.05) is 20.8 Å². The number of carbonyl (C=O) groups excluding carboxylic acids is 1. The number of phenols is 1.